The quantitative estimate of drug-likeness (QED) is 0.0722. The van der Waals surface area contributed by atoms with E-state index in [1.807, 2.05) is 198 Å². The summed E-state index contributed by atoms with van der Waals surface area (Å²) >= 11 is 75.3. The summed E-state index contributed by atoms with van der Waals surface area (Å²) < 4.78 is 0. The number of benzene rings is 12. The Hall–Kier alpha value is -8.96. The van der Waals surface area contributed by atoms with Crippen LogP contribution in [0.25, 0.3) is 0 Å². The van der Waals surface area contributed by atoms with Crippen molar-refractivity contribution in [3.8, 4) is 0 Å². The summed E-state index contributed by atoms with van der Waals surface area (Å²) in [5.41, 5.74) is 13.8. The van der Waals surface area contributed by atoms with Crippen LogP contribution in [0.15, 0.2) is 267 Å². The first-order valence-electron chi connectivity index (χ1n) is 41.4. The van der Waals surface area contributed by atoms with Crippen LogP contribution in [0.4, 0.5) is 22.7 Å². The number of piperazine rings is 4. The fourth-order valence-corrected chi connectivity index (χ4v) is 19.1. The first-order valence-corrected chi connectivity index (χ1v) is 45.9. The normalized spacial score (nSPS) is 17.3. The van der Waals surface area contributed by atoms with E-state index in [0.29, 0.717) is 161 Å². The average molecular weight is 1960 g/mol. The summed E-state index contributed by atoms with van der Waals surface area (Å²) in [6, 6.07) is 81.0. The SMILES string of the molecule is Cc1ccc(N2CCN(C(=O)C(O)c3cccc(Cl)c3)C[C@H]2c2ccc(Cl)cc2)c(Cl)c1.Cc1ccc(N2CCN(C(=O)[C@@H](O)c3ccccc3Cl)C[C@H]2c2ccc(Cl)cc2)c(Cl)c1.Cc1ccc(N2CCN(C(=O)[C@H](O)c3cccc(Cl)c3)C[C@H]2c2ccc(Cl)cc2)c(Cl)c1.Cc1ccc(N2CCN(C(=O)[C@H](O)c3ccccc3Cl)C[C@H]2c2ccc(Cl)cc2)c(Cl)c1. The van der Waals surface area contributed by atoms with E-state index in [1.165, 1.54) is 0 Å². The molecular weight excluding hydrogens is 1870 g/mol. The number of aryl methyl sites for hydroxylation is 4. The third kappa shape index (κ3) is 23.9. The van der Waals surface area contributed by atoms with Crippen LogP contribution in [-0.4, -0.2) is 142 Å². The predicted molar refractivity (Wildman–Crippen MR) is 523 cm³/mol. The lowest BCUT2D eigenvalue weighted by Crippen LogP contribution is -2.51. The van der Waals surface area contributed by atoms with Crippen molar-refractivity contribution in [2.24, 2.45) is 0 Å². The van der Waals surface area contributed by atoms with Gasteiger partial charge in [-0.3, -0.25) is 19.2 Å². The van der Waals surface area contributed by atoms with Crippen LogP contribution < -0.4 is 19.6 Å². The molecule has 12 aromatic carbocycles. The van der Waals surface area contributed by atoms with Gasteiger partial charge in [0.05, 0.1) is 67.0 Å². The summed E-state index contributed by atoms with van der Waals surface area (Å²) in [5, 5.41) is 49.9. The first kappa shape index (κ1) is 96.6. The number of carbonyl (C=O) groups is 4. The molecule has 16 rings (SSSR count). The zero-order valence-electron chi connectivity index (χ0n) is 70.0. The molecule has 4 aliphatic heterocycles. The molecule has 4 aliphatic rings. The number of aliphatic hydroxyl groups excluding tert-OH is 4. The number of anilines is 4. The summed E-state index contributed by atoms with van der Waals surface area (Å²) in [5.74, 6) is -1.43. The van der Waals surface area contributed by atoms with Crippen molar-refractivity contribution in [1.82, 2.24) is 19.6 Å². The van der Waals surface area contributed by atoms with E-state index < -0.39 is 24.4 Å². The Labute approximate surface area is 806 Å². The first-order chi connectivity index (χ1) is 61.4. The third-order valence-corrected chi connectivity index (χ3v) is 26.5. The van der Waals surface area contributed by atoms with E-state index in [2.05, 4.69) is 19.6 Å². The van der Waals surface area contributed by atoms with Crippen LogP contribution in [0, 0.1) is 27.7 Å². The number of aliphatic hydroxyl groups is 4. The molecule has 4 saturated heterocycles. The van der Waals surface area contributed by atoms with E-state index in [9.17, 15) is 39.6 Å². The highest BCUT2D eigenvalue weighted by atomic mass is 35.5. The number of hydrogen-bond donors (Lipinski definition) is 4. The molecule has 4 amide bonds. The van der Waals surface area contributed by atoms with Gasteiger partial charge in [0.25, 0.3) is 23.6 Å². The Kier molecular flexibility index (Phi) is 33.4. The van der Waals surface area contributed by atoms with Crippen molar-refractivity contribution in [3.63, 3.8) is 0 Å². The number of amides is 4. The van der Waals surface area contributed by atoms with Crippen LogP contribution in [0.1, 0.15) is 115 Å². The number of nitrogens with zero attached hydrogens (tertiary/aromatic N) is 8. The zero-order chi connectivity index (χ0) is 91.3. The average Bonchev–Trinajstić information content (AvgIpc) is 0.770. The van der Waals surface area contributed by atoms with Gasteiger partial charge in [0.1, 0.15) is 0 Å². The molecule has 4 heterocycles. The molecule has 664 valence electrons. The third-order valence-electron chi connectivity index (χ3n) is 23.1. The molecule has 4 N–H and O–H groups in total. The number of halogens is 12. The fourth-order valence-electron chi connectivity index (χ4n) is 16.3. The maximum absolute atomic E-state index is 13.2. The van der Waals surface area contributed by atoms with Crippen LogP contribution >= 0.6 is 139 Å². The van der Waals surface area contributed by atoms with Gasteiger partial charge < -0.3 is 59.6 Å². The molecule has 1 unspecified atom stereocenters. The van der Waals surface area contributed by atoms with E-state index in [0.717, 1.165) is 67.3 Å². The van der Waals surface area contributed by atoms with Gasteiger partial charge in [0.2, 0.25) is 0 Å². The molecule has 0 spiro atoms. The van der Waals surface area contributed by atoms with Gasteiger partial charge in [-0.25, -0.2) is 0 Å². The minimum atomic E-state index is -1.32. The van der Waals surface area contributed by atoms with E-state index in [4.69, 9.17) is 139 Å². The Balaban J connectivity index is 0.000000146. The molecule has 0 saturated carbocycles. The van der Waals surface area contributed by atoms with Crippen molar-refractivity contribution in [2.75, 3.05) is 98.1 Å². The summed E-state index contributed by atoms with van der Waals surface area (Å²) in [6.45, 7) is 13.7. The van der Waals surface area contributed by atoms with Crippen LogP contribution in [0.5, 0.6) is 0 Å². The number of rotatable bonds is 16. The second-order valence-electron chi connectivity index (χ2n) is 31.8. The highest BCUT2D eigenvalue weighted by Gasteiger charge is 2.40. The Bertz CT molecular complexity index is 5550. The van der Waals surface area contributed by atoms with Crippen LogP contribution in [-0.2, 0) is 19.2 Å². The minimum absolute atomic E-state index is 0.142. The van der Waals surface area contributed by atoms with Gasteiger partial charge >= 0.3 is 0 Å². The van der Waals surface area contributed by atoms with Crippen molar-refractivity contribution in [2.45, 2.75) is 76.3 Å². The van der Waals surface area contributed by atoms with Gasteiger partial charge in [-0.05, 0) is 217 Å². The van der Waals surface area contributed by atoms with Gasteiger partial charge in [-0.1, -0.05) is 273 Å². The summed E-state index contributed by atoms with van der Waals surface area (Å²) in [7, 11) is 0. The smallest absolute Gasteiger partial charge is 0.256 e. The Morgan fingerprint density at radius 3 is 0.711 bits per heavy atom. The molecule has 128 heavy (non-hydrogen) atoms. The molecule has 0 aliphatic carbocycles. The van der Waals surface area contributed by atoms with Crippen LogP contribution in [0.3, 0.4) is 0 Å². The molecule has 0 radical (unpaired) electrons. The zero-order valence-corrected chi connectivity index (χ0v) is 79.1. The molecule has 12 aromatic rings. The monoisotopic (exact) mass is 1950 g/mol. The molecule has 0 bridgehead atoms. The fraction of sp³-hybridized carbons (Fsp3) is 0.240. The van der Waals surface area contributed by atoms with Crippen molar-refractivity contribution in [3.05, 3.63) is 394 Å². The van der Waals surface area contributed by atoms with E-state index in [-0.39, 0.29) is 47.8 Å². The van der Waals surface area contributed by atoms with Crippen molar-refractivity contribution < 1.29 is 39.6 Å². The highest BCUT2D eigenvalue weighted by Crippen LogP contribution is 2.44. The standard InChI is InChI=1S/4C25H23Cl3N2O2/c2*1-16-5-10-22(21(28)13-16)30-12-11-29(15-23(30)17-6-8-19(26)9-7-17)25(32)24(31)18-3-2-4-20(27)14-18;2*1-16-6-11-22(21(28)14-16)30-13-12-29(15-23(30)17-7-9-18(26)10-8-17)25(32)24(31)19-4-2-3-5-20(19)27/h2*2-10,13-14,23-24,31H,11-12,15H2,1H3;2*2-11,14,23-24,31H,12-13,15H2,1H3/t23-,24?;2*23-,24+;23-,24-/m0000/s1. The Morgan fingerprint density at radius 1 is 0.250 bits per heavy atom. The summed E-state index contributed by atoms with van der Waals surface area (Å²) in [4.78, 5) is 68.3. The molecule has 16 nitrogen and oxygen atoms in total. The topological polar surface area (TPSA) is 175 Å². The lowest BCUT2D eigenvalue weighted by Gasteiger charge is -2.44. The van der Waals surface area contributed by atoms with E-state index in [1.54, 1.807) is 117 Å². The van der Waals surface area contributed by atoms with Gasteiger partial charge in [-0.2, -0.15) is 0 Å². The molecule has 4 fully saturated rings. The number of hydrogen-bond acceptors (Lipinski definition) is 12. The van der Waals surface area contributed by atoms with Gasteiger partial charge in [0, 0.05) is 130 Å². The molecule has 8 atom stereocenters. The number of carbonyl (C=O) groups excluding carboxylic acids is 4. The lowest BCUT2D eigenvalue weighted by atomic mass is 9.99. The highest BCUT2D eigenvalue weighted by molar-refractivity contribution is 6.36. The maximum atomic E-state index is 13.2. The minimum Gasteiger partial charge on any atom is -0.378 e. The largest absolute Gasteiger partial charge is 0.378 e. The van der Waals surface area contributed by atoms with Gasteiger partial charge in [0.15, 0.2) is 24.4 Å². The molecule has 28 heteroatoms. The molecular formula is C100H92Cl12N8O8. The van der Waals surface area contributed by atoms with E-state index >= 15 is 0 Å². The van der Waals surface area contributed by atoms with Gasteiger partial charge in [-0.15, -0.1) is 0 Å². The second-order valence-corrected chi connectivity index (χ2v) is 36.8. The summed E-state index contributed by atoms with van der Waals surface area (Å²) in [6.07, 6.45) is -5.17. The predicted octanol–water partition coefficient (Wildman–Crippen LogP) is 24.3. The van der Waals surface area contributed by atoms with Crippen LogP contribution in [0.2, 0.25) is 60.3 Å². The second kappa shape index (κ2) is 44.3. The molecule has 0 aromatic heterocycles. The van der Waals surface area contributed by atoms with Crippen molar-refractivity contribution in [1.29, 1.82) is 0 Å². The Morgan fingerprint density at radius 2 is 0.484 bits per heavy atom. The van der Waals surface area contributed by atoms with Crippen molar-refractivity contribution >= 4 is 186 Å². The maximum Gasteiger partial charge on any atom is 0.256 e. The lowest BCUT2D eigenvalue weighted by molar-refractivity contribution is -0.142.